The predicted molar refractivity (Wildman–Crippen MR) is 337 cm³/mol. The Morgan fingerprint density at radius 2 is 0.818 bits per heavy atom. The van der Waals surface area contributed by atoms with Crippen molar-refractivity contribution in [3.05, 3.63) is 147 Å². The molecule has 19 nitrogen and oxygen atoms in total. The van der Waals surface area contributed by atoms with Crippen LogP contribution >= 0.6 is 15.9 Å². The molecule has 0 aromatic heterocycles. The Morgan fingerprint density at radius 3 is 1.18 bits per heavy atom. The fourth-order valence-electron chi connectivity index (χ4n) is 13.3. The fraction of sp³-hybridized carbons (Fsp3) is 0.381. The number of anilines is 3. The maximum Gasteiger partial charge on any atom is 0.495 e. The van der Waals surface area contributed by atoms with E-state index in [0.717, 1.165) is 71.7 Å². The van der Waals surface area contributed by atoms with Crippen molar-refractivity contribution >= 4 is 106 Å². The van der Waals surface area contributed by atoms with Gasteiger partial charge in [0.2, 0.25) is 0 Å². The molecule has 5 N–H and O–H groups in total. The number of hydrogen-bond donors (Lipinski definition) is 5. The van der Waals surface area contributed by atoms with Crippen molar-refractivity contribution in [1.29, 1.82) is 0 Å². The second-order valence-electron chi connectivity index (χ2n) is 24.5. The number of ketones is 3. The van der Waals surface area contributed by atoms with Crippen LogP contribution in [0.1, 0.15) is 119 Å². The molecule has 25 heteroatoms. The first kappa shape index (κ1) is 63.0. The van der Waals surface area contributed by atoms with Crippen LogP contribution in [0.15, 0.2) is 128 Å². The van der Waals surface area contributed by atoms with Crippen molar-refractivity contribution < 1.29 is 73.2 Å². The summed E-state index contributed by atoms with van der Waals surface area (Å²) in [5.41, 5.74) is 4.25. The highest BCUT2D eigenvalue weighted by Crippen LogP contribution is 2.54. The first-order chi connectivity index (χ1) is 41.6. The van der Waals surface area contributed by atoms with Crippen molar-refractivity contribution in [2.24, 2.45) is 0 Å². The van der Waals surface area contributed by atoms with Gasteiger partial charge in [0.25, 0.3) is 30.1 Å². The smallest absolute Gasteiger partial charge is 0.495 e. The van der Waals surface area contributed by atoms with Crippen LogP contribution < -0.4 is 39.3 Å². The van der Waals surface area contributed by atoms with Crippen LogP contribution in [-0.4, -0.2) is 99.4 Å². The zero-order valence-electron chi connectivity index (χ0n) is 49.7. The van der Waals surface area contributed by atoms with E-state index in [0.29, 0.717) is 53.6 Å². The van der Waals surface area contributed by atoms with E-state index in [1.807, 2.05) is 39.8 Å². The number of ether oxygens (including phenoxy) is 3. The normalized spacial score (nSPS) is 19.2. The zero-order chi connectivity index (χ0) is 63.1. The molecule has 6 aromatic rings. The number of rotatable bonds is 14. The van der Waals surface area contributed by atoms with Gasteiger partial charge in [-0.1, -0.05) is 71.6 Å². The summed E-state index contributed by atoms with van der Waals surface area (Å²) in [6, 6.07) is 29.3. The summed E-state index contributed by atoms with van der Waals surface area (Å²) in [6.45, 7) is 7.89. The molecule has 6 aliphatic carbocycles. The topological polar surface area (TPSA) is 276 Å². The van der Waals surface area contributed by atoms with Crippen molar-refractivity contribution in [1.82, 2.24) is 0 Å². The van der Waals surface area contributed by atoms with Gasteiger partial charge >= 0.3 is 14.2 Å². The summed E-state index contributed by atoms with van der Waals surface area (Å²) in [4.78, 5) is 38.3. The number of halogens is 1. The maximum atomic E-state index is 13.3. The summed E-state index contributed by atoms with van der Waals surface area (Å²) < 4.78 is 115. The summed E-state index contributed by atoms with van der Waals surface area (Å²) in [7, 11) is -9.97. The van der Waals surface area contributed by atoms with Gasteiger partial charge in [-0.25, -0.2) is 25.3 Å². The number of fused-ring (bicyclic) bond motifs is 6. The number of para-hydroxylation sites is 3. The van der Waals surface area contributed by atoms with E-state index in [4.69, 9.17) is 23.5 Å². The Balaban J connectivity index is 0.000000138. The van der Waals surface area contributed by atoms with Crippen molar-refractivity contribution in [2.45, 2.75) is 147 Å². The molecule has 1 aliphatic heterocycles. The van der Waals surface area contributed by atoms with Crippen LogP contribution in [0.4, 0.5) is 17.1 Å². The van der Waals surface area contributed by atoms with E-state index in [1.54, 1.807) is 72.8 Å². The SMILES string of the molecule is COc1ccccc1S(=O)(=O)Nc1cc(B(O)O)c2c(c1)C1(CCC1)C(=O)C2.COc1ccccc1S(=O)(=O)Nc1cc(B2OC(C)(C)C(C)(C)O2)c2c(c1)C1(CCC1)C(=O)C2.COc1ccccc1S(=O)(=O)Nc1cc(Br)c2c(c1)C1(CCC1)C(=O)C2. The Labute approximate surface area is 522 Å². The van der Waals surface area contributed by atoms with Crippen LogP contribution in [0.5, 0.6) is 17.2 Å². The molecule has 0 unspecified atom stereocenters. The summed E-state index contributed by atoms with van der Waals surface area (Å²) in [5, 5.41) is 19.6. The van der Waals surface area contributed by atoms with Crippen LogP contribution in [-0.2, 0) is 89.3 Å². The minimum Gasteiger partial charge on any atom is -0.495 e. The second kappa shape index (κ2) is 23.0. The van der Waals surface area contributed by atoms with Crippen LogP contribution in [0, 0.1) is 0 Å². The number of carbonyl (C=O) groups excluding carboxylic acids is 3. The molecule has 3 saturated carbocycles. The molecule has 88 heavy (non-hydrogen) atoms. The van der Waals surface area contributed by atoms with Gasteiger partial charge in [0.1, 0.15) is 49.3 Å². The molecule has 1 heterocycles. The molecule has 0 radical (unpaired) electrons. The van der Waals surface area contributed by atoms with Gasteiger partial charge in [-0.05, 0) is 183 Å². The zero-order valence-corrected chi connectivity index (χ0v) is 53.8. The van der Waals surface area contributed by atoms with Gasteiger partial charge < -0.3 is 33.6 Å². The summed E-state index contributed by atoms with van der Waals surface area (Å²) in [5.74, 6) is 1.23. The number of Topliss-reactive ketones (excluding diaryl/α,β-unsaturated/α-hetero) is 3. The van der Waals surface area contributed by atoms with E-state index >= 15 is 0 Å². The van der Waals surface area contributed by atoms with E-state index in [-0.39, 0.29) is 66.9 Å². The van der Waals surface area contributed by atoms with Gasteiger partial charge in [0.15, 0.2) is 0 Å². The molecule has 0 atom stereocenters. The number of nitrogens with one attached hydrogen (secondary N) is 3. The molecule has 3 spiro atoms. The Morgan fingerprint density at radius 1 is 0.489 bits per heavy atom. The third kappa shape index (κ3) is 10.8. The van der Waals surface area contributed by atoms with Crippen LogP contribution in [0.2, 0.25) is 0 Å². The summed E-state index contributed by atoms with van der Waals surface area (Å²) in [6.07, 6.45) is 8.43. The molecule has 4 fully saturated rings. The molecule has 0 amide bonds. The highest BCUT2D eigenvalue weighted by atomic mass is 79.9. The lowest BCUT2D eigenvalue weighted by Crippen LogP contribution is -2.41. The highest BCUT2D eigenvalue weighted by molar-refractivity contribution is 9.10. The third-order valence-corrected chi connectivity index (χ3v) is 24.1. The molecule has 462 valence electrons. The minimum absolute atomic E-state index is 0.0291. The largest absolute Gasteiger partial charge is 0.495 e. The molecular formula is C63H68B2BrN3O16S3. The number of carbonyl (C=O) groups is 3. The van der Waals surface area contributed by atoms with Crippen molar-refractivity contribution in [2.75, 3.05) is 35.5 Å². The predicted octanol–water partition coefficient (Wildman–Crippen LogP) is 7.87. The minimum atomic E-state index is -3.98. The fourth-order valence-corrected chi connectivity index (χ4v) is 17.5. The molecule has 13 rings (SSSR count). The van der Waals surface area contributed by atoms with Gasteiger partial charge in [-0.3, -0.25) is 28.5 Å². The number of sulfonamides is 3. The van der Waals surface area contributed by atoms with E-state index in [2.05, 4.69) is 30.1 Å². The van der Waals surface area contributed by atoms with Gasteiger partial charge in [-0.2, -0.15) is 0 Å². The van der Waals surface area contributed by atoms with E-state index in [9.17, 15) is 49.7 Å². The maximum absolute atomic E-state index is 13.3. The number of benzene rings is 6. The number of hydrogen-bond acceptors (Lipinski definition) is 16. The average molecular weight is 1320 g/mol. The van der Waals surface area contributed by atoms with Crippen LogP contribution in [0.25, 0.3) is 0 Å². The first-order valence-corrected chi connectivity index (χ1v) is 34.3. The van der Waals surface area contributed by atoms with Gasteiger partial charge in [0.05, 0.1) is 54.5 Å². The quantitative estimate of drug-likeness (QED) is 0.0649. The molecule has 6 aromatic carbocycles. The Bertz CT molecular complexity index is 4190. The molecule has 1 saturated heterocycles. The molecule has 0 bridgehead atoms. The van der Waals surface area contributed by atoms with E-state index < -0.39 is 71.8 Å². The lowest BCUT2D eigenvalue weighted by Gasteiger charge is -2.38. The third-order valence-electron chi connectivity index (χ3n) is 19.2. The monoisotopic (exact) mass is 1320 g/mol. The number of methoxy groups -OCH3 is 3. The van der Waals surface area contributed by atoms with Gasteiger partial charge in [-0.15, -0.1) is 0 Å². The Hall–Kier alpha value is -6.57. The average Bonchev–Trinajstić information content (AvgIpc) is 1.90. The van der Waals surface area contributed by atoms with E-state index in [1.165, 1.54) is 45.6 Å². The van der Waals surface area contributed by atoms with Gasteiger partial charge in [0, 0.05) is 35.1 Å². The van der Waals surface area contributed by atoms with Crippen molar-refractivity contribution in [3.8, 4) is 17.2 Å². The highest BCUT2D eigenvalue weighted by Gasteiger charge is 2.57. The molecular weight excluding hydrogens is 1250 g/mol. The lowest BCUT2D eigenvalue weighted by atomic mass is 9.63. The Kier molecular flexibility index (Phi) is 16.5. The second-order valence-corrected chi connectivity index (χ2v) is 30.3. The molecule has 7 aliphatic rings. The standard InChI is InChI=1S/C25H30BNO6S.C19H20BNO6S.C19H18BrNO4S/c1-23(2)24(3,4)33-26(32-23)19-14-16(13-18-17(19)15-22(28)25(18)11-8-12-25)27-34(29,30)21-10-7-6-9-20(21)31-5;1-27-16-5-2-3-6-17(16)28(25,26)21-12-9-14-13(15(10-12)20(23)24)11-18(22)19(14)7-4-8-19;1-25-16-5-2-3-6-17(16)26(23,24)21-12-9-14-13(15(20)10-12)11-18(22)19(14)7-4-8-19/h6-7,9-10,13-14,27H,8,11-12,15H2,1-5H3;2-3,5-6,9-10,21,23-24H,4,7-8,11H2,1H3;2-3,5-6,9-10,21H,4,7-8,11H2,1H3. The van der Waals surface area contributed by atoms with Crippen LogP contribution in [0.3, 0.4) is 0 Å². The first-order valence-electron chi connectivity index (χ1n) is 29.0. The summed E-state index contributed by atoms with van der Waals surface area (Å²) >= 11 is 3.51. The lowest BCUT2D eigenvalue weighted by molar-refractivity contribution is -0.126. The van der Waals surface area contributed by atoms with Crippen molar-refractivity contribution in [3.63, 3.8) is 0 Å².